The number of carbonyl (C=O) groups excluding carboxylic acids is 1. The van der Waals surface area contributed by atoms with E-state index in [1.54, 1.807) is 6.07 Å². The van der Waals surface area contributed by atoms with Gasteiger partial charge in [-0.2, -0.15) is 0 Å². The van der Waals surface area contributed by atoms with Crippen LogP contribution in [0.25, 0.3) is 0 Å². The molecule has 0 aromatic heterocycles. The third kappa shape index (κ3) is 3.61. The van der Waals surface area contributed by atoms with E-state index in [-0.39, 0.29) is 36.6 Å². The van der Waals surface area contributed by atoms with Crippen LogP contribution in [-0.2, 0) is 11.3 Å². The van der Waals surface area contributed by atoms with E-state index < -0.39 is 5.92 Å². The summed E-state index contributed by atoms with van der Waals surface area (Å²) in [5, 5.41) is 0. The number of hydrogen-bond acceptors (Lipinski definition) is 2. The molecule has 0 radical (unpaired) electrons. The second kappa shape index (κ2) is 6.87. The number of benzene rings is 1. The van der Waals surface area contributed by atoms with Gasteiger partial charge >= 0.3 is 0 Å². The summed E-state index contributed by atoms with van der Waals surface area (Å²) in [6.07, 6.45) is 2.59. The van der Waals surface area contributed by atoms with Crippen molar-refractivity contribution in [1.82, 2.24) is 9.80 Å². The fourth-order valence-electron chi connectivity index (χ4n) is 4.87. The van der Waals surface area contributed by atoms with E-state index in [9.17, 15) is 18.0 Å². The number of piperidine rings is 2. The fourth-order valence-corrected chi connectivity index (χ4v) is 4.87. The summed E-state index contributed by atoms with van der Waals surface area (Å²) < 4.78 is 40.4. The predicted molar refractivity (Wildman–Crippen MR) is 92.2 cm³/mol. The van der Waals surface area contributed by atoms with Crippen LogP contribution in [0.4, 0.5) is 13.2 Å². The van der Waals surface area contributed by atoms with Crippen LogP contribution in [-0.4, -0.2) is 46.8 Å². The van der Waals surface area contributed by atoms with Crippen molar-refractivity contribution < 1.29 is 18.0 Å². The van der Waals surface area contributed by atoms with E-state index >= 15 is 0 Å². The number of fused-ring (bicyclic) bond motifs is 2. The molecule has 6 heteroatoms. The molecule has 3 nitrogen and oxygen atoms in total. The first-order valence-electron chi connectivity index (χ1n) is 9.58. The van der Waals surface area contributed by atoms with Gasteiger partial charge in [0.15, 0.2) is 0 Å². The molecule has 26 heavy (non-hydrogen) atoms. The third-order valence-electron chi connectivity index (χ3n) is 6.25. The van der Waals surface area contributed by atoms with E-state index in [0.29, 0.717) is 31.8 Å². The maximum Gasteiger partial charge on any atom is 0.248 e. The average Bonchev–Trinajstić information content (AvgIpc) is 2.60. The molecule has 3 aliphatic rings. The van der Waals surface area contributed by atoms with Crippen LogP contribution >= 0.6 is 0 Å². The van der Waals surface area contributed by atoms with Crippen molar-refractivity contribution in [1.29, 1.82) is 0 Å². The van der Waals surface area contributed by atoms with Crippen molar-refractivity contribution >= 4 is 5.91 Å². The third-order valence-corrected chi connectivity index (χ3v) is 6.25. The van der Waals surface area contributed by atoms with E-state index in [1.165, 1.54) is 12.1 Å². The predicted octanol–water partition coefficient (Wildman–Crippen LogP) is 3.83. The monoisotopic (exact) mass is 366 g/mol. The molecule has 1 saturated carbocycles. The maximum atomic E-state index is 13.5. The second-order valence-electron chi connectivity index (χ2n) is 8.08. The van der Waals surface area contributed by atoms with Gasteiger partial charge in [0.2, 0.25) is 11.8 Å². The molecule has 2 heterocycles. The zero-order chi connectivity index (χ0) is 18.3. The van der Waals surface area contributed by atoms with Gasteiger partial charge < -0.3 is 4.90 Å². The van der Waals surface area contributed by atoms with Gasteiger partial charge in [-0.25, -0.2) is 13.2 Å². The van der Waals surface area contributed by atoms with Gasteiger partial charge in [0, 0.05) is 32.0 Å². The molecule has 1 aromatic carbocycles. The lowest BCUT2D eigenvalue weighted by atomic mass is 9.82. The molecule has 1 amide bonds. The molecule has 3 fully saturated rings. The molecule has 2 atom stereocenters. The molecule has 0 spiro atoms. The highest BCUT2D eigenvalue weighted by molar-refractivity contribution is 5.83. The first-order chi connectivity index (χ1) is 12.4. The lowest BCUT2D eigenvalue weighted by molar-refractivity contribution is -0.150. The van der Waals surface area contributed by atoms with Crippen LogP contribution < -0.4 is 0 Å². The Morgan fingerprint density at radius 1 is 1.15 bits per heavy atom. The number of nitrogens with zero attached hydrogens (tertiary/aromatic N) is 2. The van der Waals surface area contributed by atoms with Crippen LogP contribution in [0.5, 0.6) is 0 Å². The van der Waals surface area contributed by atoms with Gasteiger partial charge in [-0.05, 0) is 55.8 Å². The Morgan fingerprint density at radius 2 is 1.92 bits per heavy atom. The molecular weight excluding hydrogens is 341 g/mol. The Labute approximate surface area is 152 Å². The molecule has 0 unspecified atom stereocenters. The minimum absolute atomic E-state index is 0.0718. The lowest BCUT2D eigenvalue weighted by Crippen LogP contribution is -2.61. The van der Waals surface area contributed by atoms with Crippen molar-refractivity contribution in [2.24, 2.45) is 5.92 Å². The number of hydrogen-bond donors (Lipinski definition) is 0. The molecule has 4 rings (SSSR count). The lowest BCUT2D eigenvalue weighted by Gasteiger charge is -2.50. The summed E-state index contributed by atoms with van der Waals surface area (Å²) >= 11 is 0. The highest BCUT2D eigenvalue weighted by Gasteiger charge is 2.45. The number of carbonyl (C=O) groups is 1. The summed E-state index contributed by atoms with van der Waals surface area (Å²) in [4.78, 5) is 17.1. The number of alkyl halides is 2. The standard InChI is InChI=1S/C20H25F3N2O/c21-16-3-1-2-14(10-16)12-24-13-15-6-9-25(18(11-15)19(24)26)17-4-7-20(22,23)8-5-17/h1-3,10,15,17-18H,4-9,11-13H2/t15-,18+/m0/s1. The Morgan fingerprint density at radius 3 is 2.65 bits per heavy atom. The van der Waals surface area contributed by atoms with Gasteiger partial charge in [0.25, 0.3) is 0 Å². The molecule has 1 aliphatic carbocycles. The number of likely N-dealkylation sites (tertiary alicyclic amines) is 2. The van der Waals surface area contributed by atoms with E-state index in [1.807, 2.05) is 11.0 Å². The Kier molecular flexibility index (Phi) is 4.71. The van der Waals surface area contributed by atoms with Crippen LogP contribution in [0.3, 0.4) is 0 Å². The minimum Gasteiger partial charge on any atom is -0.337 e. The van der Waals surface area contributed by atoms with Gasteiger partial charge in [-0.1, -0.05) is 12.1 Å². The maximum absolute atomic E-state index is 13.5. The number of halogens is 3. The molecule has 2 bridgehead atoms. The van der Waals surface area contributed by atoms with Gasteiger partial charge in [0.05, 0.1) is 6.04 Å². The second-order valence-corrected chi connectivity index (χ2v) is 8.08. The van der Waals surface area contributed by atoms with Crippen molar-refractivity contribution in [2.45, 2.75) is 63.1 Å². The first-order valence-corrected chi connectivity index (χ1v) is 9.58. The molecule has 2 aliphatic heterocycles. The normalized spacial score (nSPS) is 29.8. The Balaban J connectivity index is 1.46. The van der Waals surface area contributed by atoms with E-state index in [2.05, 4.69) is 4.90 Å². The van der Waals surface area contributed by atoms with Crippen molar-refractivity contribution in [2.75, 3.05) is 13.1 Å². The largest absolute Gasteiger partial charge is 0.337 e. The summed E-state index contributed by atoms with van der Waals surface area (Å²) in [5.74, 6) is -2.32. The number of amides is 1. The van der Waals surface area contributed by atoms with Crippen LogP contribution in [0.1, 0.15) is 44.1 Å². The number of rotatable bonds is 3. The summed E-state index contributed by atoms with van der Waals surface area (Å²) in [6.45, 7) is 1.95. The van der Waals surface area contributed by atoms with Gasteiger partial charge in [-0.15, -0.1) is 0 Å². The molecule has 1 aromatic rings. The Hall–Kier alpha value is -1.56. The Bertz CT molecular complexity index is 671. The van der Waals surface area contributed by atoms with Crippen LogP contribution in [0.15, 0.2) is 24.3 Å². The van der Waals surface area contributed by atoms with E-state index in [4.69, 9.17) is 0 Å². The van der Waals surface area contributed by atoms with Gasteiger partial charge in [0.1, 0.15) is 5.82 Å². The zero-order valence-corrected chi connectivity index (χ0v) is 14.8. The van der Waals surface area contributed by atoms with Crippen molar-refractivity contribution in [3.63, 3.8) is 0 Å². The topological polar surface area (TPSA) is 23.6 Å². The molecule has 142 valence electrons. The van der Waals surface area contributed by atoms with Crippen molar-refractivity contribution in [3.05, 3.63) is 35.6 Å². The SMILES string of the molecule is O=C1[C@H]2C[C@H](CCN2C2CCC(F)(F)CC2)CN1Cc1cccc(F)c1. The summed E-state index contributed by atoms with van der Waals surface area (Å²) in [5.41, 5.74) is 0.794. The van der Waals surface area contributed by atoms with E-state index in [0.717, 1.165) is 24.9 Å². The van der Waals surface area contributed by atoms with Crippen molar-refractivity contribution in [3.8, 4) is 0 Å². The smallest absolute Gasteiger partial charge is 0.248 e. The molecule has 0 N–H and O–H groups in total. The fraction of sp³-hybridized carbons (Fsp3) is 0.650. The average molecular weight is 366 g/mol. The quantitative estimate of drug-likeness (QED) is 0.812. The molecule has 2 saturated heterocycles. The highest BCUT2D eigenvalue weighted by atomic mass is 19.3. The summed E-state index contributed by atoms with van der Waals surface area (Å²) in [6, 6.07) is 6.25. The van der Waals surface area contributed by atoms with Crippen LogP contribution in [0, 0.1) is 11.7 Å². The van der Waals surface area contributed by atoms with Gasteiger partial charge in [-0.3, -0.25) is 9.69 Å². The molecular formula is C20H25F3N2O. The minimum atomic E-state index is -2.55. The highest BCUT2D eigenvalue weighted by Crippen LogP contribution is 2.39. The first kappa shape index (κ1) is 17.8. The summed E-state index contributed by atoms with van der Waals surface area (Å²) in [7, 11) is 0. The van der Waals surface area contributed by atoms with Crippen LogP contribution in [0.2, 0.25) is 0 Å². The zero-order valence-electron chi connectivity index (χ0n) is 14.8.